The zero-order valence-electron chi connectivity index (χ0n) is 34.0. The van der Waals surface area contributed by atoms with Gasteiger partial charge in [0.2, 0.25) is 23.5 Å². The van der Waals surface area contributed by atoms with E-state index < -0.39 is 76.6 Å². The van der Waals surface area contributed by atoms with Gasteiger partial charge >= 0.3 is 6.09 Å². The summed E-state index contributed by atoms with van der Waals surface area (Å²) >= 11 is 0. The molecule has 6 atom stereocenters. The zero-order chi connectivity index (χ0) is 41.6. The van der Waals surface area contributed by atoms with Crippen molar-refractivity contribution in [3.63, 3.8) is 0 Å². The predicted octanol–water partition coefficient (Wildman–Crippen LogP) is 5.05. The van der Waals surface area contributed by atoms with Gasteiger partial charge in [-0.1, -0.05) is 107 Å². The number of hydrogen-bond donors (Lipinski definition) is 4. The van der Waals surface area contributed by atoms with E-state index in [9.17, 15) is 28.8 Å². The largest absolute Gasteiger partial charge is 0.444 e. The summed E-state index contributed by atoms with van der Waals surface area (Å²) < 4.78 is 5.62. The van der Waals surface area contributed by atoms with E-state index in [1.165, 1.54) is 11.0 Å². The number of ether oxygens (including phenoxy) is 1. The molecule has 2 fully saturated rings. The molecule has 4 unspecified atom stereocenters. The summed E-state index contributed by atoms with van der Waals surface area (Å²) in [6.07, 6.45) is 2.75. The monoisotopic (exact) mass is 769 g/mol. The standard InChI is InChI=1S/C44H59N5O7/c1-11-13-24-30(35(50)39(53)45-25-12-2)46-38(52)34-32-29(44(32,9)10)26-49(34)40(54)36(42(3,4)5)48-37(51)33(47-41(55)56-43(6,7)8)31(27-20-16-14-17-21-27)28-22-18-15-19-23-28/h11-12,14-23,29-34,36H,1-2,13,24-26H2,3-10H3,(H,45,53)(H,46,52)(H,47,55)(H,48,51)/t29?,30?,32?,33?,34-,36+/m0/s1. The molecule has 2 aromatic carbocycles. The molecular formula is C44H59N5O7. The number of hydrogen-bond acceptors (Lipinski definition) is 7. The van der Waals surface area contributed by atoms with Gasteiger partial charge in [0.1, 0.15) is 23.7 Å². The van der Waals surface area contributed by atoms with Gasteiger partial charge in [0.15, 0.2) is 0 Å². The van der Waals surface area contributed by atoms with Crippen LogP contribution in [-0.2, 0) is 28.7 Å². The number of fused-ring (bicyclic) bond motifs is 1. The van der Waals surface area contributed by atoms with Crippen molar-refractivity contribution >= 4 is 35.5 Å². The van der Waals surface area contributed by atoms with Gasteiger partial charge in [0.05, 0.1) is 6.04 Å². The van der Waals surface area contributed by atoms with E-state index in [-0.39, 0.29) is 36.8 Å². The van der Waals surface area contributed by atoms with Gasteiger partial charge in [0.25, 0.3) is 5.91 Å². The maximum atomic E-state index is 14.8. The molecule has 0 bridgehead atoms. The number of carbonyl (C=O) groups excluding carboxylic acids is 6. The zero-order valence-corrected chi connectivity index (χ0v) is 34.0. The highest BCUT2D eigenvalue weighted by molar-refractivity contribution is 6.38. The fourth-order valence-electron chi connectivity index (χ4n) is 7.71. The number of likely N-dealkylation sites (tertiary alicyclic amines) is 1. The molecule has 56 heavy (non-hydrogen) atoms. The van der Waals surface area contributed by atoms with Crippen LogP contribution in [0, 0.1) is 22.7 Å². The summed E-state index contributed by atoms with van der Waals surface area (Å²) in [5, 5.41) is 11.1. The molecule has 1 saturated carbocycles. The molecule has 12 nitrogen and oxygen atoms in total. The Labute approximate surface area is 331 Å². The first-order chi connectivity index (χ1) is 26.2. The van der Waals surface area contributed by atoms with E-state index in [1.54, 1.807) is 26.8 Å². The second kappa shape index (κ2) is 17.7. The second-order valence-electron chi connectivity index (χ2n) is 17.4. The molecule has 4 rings (SSSR count). The number of allylic oxidation sites excluding steroid dienone is 1. The SMILES string of the molecule is C=CCCC(NC(=O)[C@@H]1C2C(CN1C(=O)[C@@H](NC(=O)C(NC(=O)OC(C)(C)C)C(c1ccccc1)c1ccccc1)C(C)(C)C)C2(C)C)C(=O)C(=O)NCC=C. The fraction of sp³-hybridized carbons (Fsp3) is 0.500. The van der Waals surface area contributed by atoms with E-state index in [2.05, 4.69) is 34.4 Å². The van der Waals surface area contributed by atoms with Gasteiger partial charge in [-0.2, -0.15) is 0 Å². The van der Waals surface area contributed by atoms with Crippen molar-refractivity contribution in [2.45, 2.75) is 104 Å². The third kappa shape index (κ3) is 10.3. The molecule has 4 N–H and O–H groups in total. The molecule has 302 valence electrons. The minimum absolute atomic E-state index is 0.00105. The molecule has 0 radical (unpaired) electrons. The first kappa shape index (κ1) is 43.5. The number of Topliss-reactive ketones (excluding diaryl/α,β-unsaturated/α-hetero) is 1. The second-order valence-corrected chi connectivity index (χ2v) is 17.4. The summed E-state index contributed by atoms with van der Waals surface area (Å²) in [6.45, 7) is 22.3. The molecule has 0 aromatic heterocycles. The van der Waals surface area contributed by atoms with Crippen LogP contribution >= 0.6 is 0 Å². The van der Waals surface area contributed by atoms with Crippen LogP contribution in [0.4, 0.5) is 4.79 Å². The minimum Gasteiger partial charge on any atom is -0.444 e. The summed E-state index contributed by atoms with van der Waals surface area (Å²) in [4.78, 5) is 84.6. The lowest BCUT2D eigenvalue weighted by Crippen LogP contribution is -2.62. The molecular weight excluding hydrogens is 711 g/mol. The Balaban J connectivity index is 1.69. The van der Waals surface area contributed by atoms with Crippen LogP contribution in [0.5, 0.6) is 0 Å². The van der Waals surface area contributed by atoms with Crippen LogP contribution in [0.2, 0.25) is 0 Å². The molecule has 2 aliphatic rings. The normalized spacial score (nSPS) is 20.0. The number of ketones is 1. The lowest BCUT2D eigenvalue weighted by atomic mass is 9.82. The molecule has 1 aliphatic carbocycles. The van der Waals surface area contributed by atoms with Crippen LogP contribution in [0.3, 0.4) is 0 Å². The minimum atomic E-state index is -1.22. The molecule has 12 heteroatoms. The number of nitrogens with one attached hydrogen (secondary N) is 4. The van der Waals surface area contributed by atoms with Crippen molar-refractivity contribution in [1.82, 2.24) is 26.2 Å². The molecule has 0 spiro atoms. The summed E-state index contributed by atoms with van der Waals surface area (Å²) in [5.74, 6) is -4.18. The molecule has 1 aliphatic heterocycles. The number of benzene rings is 2. The number of amides is 5. The first-order valence-electron chi connectivity index (χ1n) is 19.3. The van der Waals surface area contributed by atoms with Crippen LogP contribution in [0.25, 0.3) is 0 Å². The van der Waals surface area contributed by atoms with Gasteiger partial charge in [-0.15, -0.1) is 13.2 Å². The average Bonchev–Trinajstić information content (AvgIpc) is 3.42. The van der Waals surface area contributed by atoms with Crippen LogP contribution in [0.15, 0.2) is 86.0 Å². The van der Waals surface area contributed by atoms with Gasteiger partial charge in [-0.3, -0.25) is 24.0 Å². The Kier molecular flexibility index (Phi) is 13.7. The Morgan fingerprint density at radius 3 is 1.93 bits per heavy atom. The molecule has 2 aromatic rings. The van der Waals surface area contributed by atoms with Crippen molar-refractivity contribution in [1.29, 1.82) is 0 Å². The van der Waals surface area contributed by atoms with Crippen molar-refractivity contribution in [3.05, 3.63) is 97.1 Å². The highest BCUT2D eigenvalue weighted by Crippen LogP contribution is 2.65. The maximum Gasteiger partial charge on any atom is 0.408 e. The first-order valence-corrected chi connectivity index (χ1v) is 19.3. The summed E-state index contributed by atoms with van der Waals surface area (Å²) in [5.41, 5.74) is -0.457. The lowest BCUT2D eigenvalue weighted by molar-refractivity contribution is -0.146. The lowest BCUT2D eigenvalue weighted by Gasteiger charge is -2.39. The number of rotatable bonds is 16. The van der Waals surface area contributed by atoms with Crippen LogP contribution in [-0.4, -0.2) is 83.3 Å². The summed E-state index contributed by atoms with van der Waals surface area (Å²) in [7, 11) is 0. The van der Waals surface area contributed by atoms with Gasteiger partial charge in [-0.05, 0) is 67.4 Å². The van der Waals surface area contributed by atoms with Crippen LogP contribution in [0.1, 0.15) is 85.3 Å². The Morgan fingerprint density at radius 1 is 0.857 bits per heavy atom. The van der Waals surface area contributed by atoms with E-state index in [0.29, 0.717) is 6.42 Å². The van der Waals surface area contributed by atoms with E-state index in [1.807, 2.05) is 95.3 Å². The van der Waals surface area contributed by atoms with Crippen molar-refractivity contribution in [2.24, 2.45) is 22.7 Å². The Hall–Kier alpha value is -5.26. The van der Waals surface area contributed by atoms with Gasteiger partial charge in [0, 0.05) is 19.0 Å². The summed E-state index contributed by atoms with van der Waals surface area (Å²) in [6, 6.07) is 14.2. The van der Waals surface area contributed by atoms with E-state index in [0.717, 1.165) is 11.1 Å². The fourth-order valence-corrected chi connectivity index (χ4v) is 7.71. The van der Waals surface area contributed by atoms with Crippen LogP contribution < -0.4 is 21.3 Å². The van der Waals surface area contributed by atoms with Gasteiger partial charge in [-0.25, -0.2) is 4.79 Å². The van der Waals surface area contributed by atoms with Crippen molar-refractivity contribution in [3.8, 4) is 0 Å². The quantitative estimate of drug-likeness (QED) is 0.137. The highest BCUT2D eigenvalue weighted by atomic mass is 16.6. The third-order valence-corrected chi connectivity index (χ3v) is 10.7. The van der Waals surface area contributed by atoms with Crippen molar-refractivity contribution < 1.29 is 33.5 Å². The van der Waals surface area contributed by atoms with Gasteiger partial charge < -0.3 is 30.9 Å². The predicted molar refractivity (Wildman–Crippen MR) is 215 cm³/mol. The van der Waals surface area contributed by atoms with E-state index >= 15 is 0 Å². The molecule has 5 amide bonds. The molecule has 1 saturated heterocycles. The van der Waals surface area contributed by atoms with Crippen molar-refractivity contribution in [2.75, 3.05) is 13.1 Å². The topological polar surface area (TPSA) is 163 Å². The third-order valence-electron chi connectivity index (χ3n) is 10.7. The Morgan fingerprint density at radius 2 is 1.43 bits per heavy atom. The number of carbonyl (C=O) groups is 6. The smallest absolute Gasteiger partial charge is 0.408 e. The number of alkyl carbamates (subject to hydrolysis) is 1. The highest BCUT2D eigenvalue weighted by Gasteiger charge is 2.70. The van der Waals surface area contributed by atoms with E-state index in [4.69, 9.17) is 4.74 Å². The number of nitrogens with zero attached hydrogens (tertiary/aromatic N) is 1. The average molecular weight is 770 g/mol. The Bertz CT molecular complexity index is 1740. The molecule has 1 heterocycles. The maximum absolute atomic E-state index is 14.8. The number of piperidine rings is 1.